The predicted molar refractivity (Wildman–Crippen MR) is 64.9 cm³/mol. The molecule has 4 N–H and O–H groups in total. The fraction of sp³-hybridized carbons (Fsp3) is 0.500. The van der Waals surface area contributed by atoms with Gasteiger partial charge in [-0.25, -0.2) is 4.79 Å². The summed E-state index contributed by atoms with van der Waals surface area (Å²) in [6.07, 6.45) is 0. The molecular weight excluding hydrogens is 224 g/mol. The third-order valence-electron chi connectivity index (χ3n) is 2.33. The van der Waals surface area contributed by atoms with Crippen molar-refractivity contribution in [1.29, 1.82) is 0 Å². The Hall–Kier alpha value is -2.05. The first-order valence-corrected chi connectivity index (χ1v) is 5.31. The molecule has 7 nitrogen and oxygen atoms in total. The zero-order chi connectivity index (χ0) is 13.2. The normalized spacial score (nSPS) is 10.6. The minimum Gasteiger partial charge on any atom is -0.383 e. The number of hydrogen-bond acceptors (Lipinski definition) is 4. The molecule has 1 rings (SSSR count). The van der Waals surface area contributed by atoms with Crippen LogP contribution in [0.3, 0.4) is 0 Å². The Morgan fingerprint density at radius 3 is 2.53 bits per heavy atom. The van der Waals surface area contributed by atoms with Gasteiger partial charge >= 0.3 is 5.69 Å². The highest BCUT2D eigenvalue weighted by Crippen LogP contribution is 2.10. The molecule has 0 unspecified atom stereocenters. The fourth-order valence-corrected chi connectivity index (χ4v) is 1.29. The number of aromatic nitrogens is 2. The van der Waals surface area contributed by atoms with E-state index >= 15 is 0 Å². The second-order valence-corrected chi connectivity index (χ2v) is 3.91. The summed E-state index contributed by atoms with van der Waals surface area (Å²) in [6, 6.07) is 0. The molecule has 7 heteroatoms. The lowest BCUT2D eigenvalue weighted by atomic mass is 10.2. The standard InChI is InChI=1S/C10H16N4O3/c1-4-14-7(11)6(9(16)13-10(14)17)12-8(15)5(2)3/h5H,4,11H2,1-3H3,(H,12,15)(H,13,16,17). The molecule has 0 aliphatic rings. The van der Waals surface area contributed by atoms with Gasteiger partial charge in [-0.05, 0) is 6.92 Å². The van der Waals surface area contributed by atoms with Crippen molar-refractivity contribution in [3.05, 3.63) is 20.8 Å². The zero-order valence-corrected chi connectivity index (χ0v) is 10.0. The van der Waals surface area contributed by atoms with E-state index in [1.54, 1.807) is 20.8 Å². The van der Waals surface area contributed by atoms with Crippen molar-refractivity contribution in [1.82, 2.24) is 9.55 Å². The first-order valence-electron chi connectivity index (χ1n) is 5.31. The third-order valence-corrected chi connectivity index (χ3v) is 2.33. The van der Waals surface area contributed by atoms with Crippen molar-refractivity contribution in [2.24, 2.45) is 5.92 Å². The number of nitrogen functional groups attached to an aromatic ring is 1. The lowest BCUT2D eigenvalue weighted by Gasteiger charge is -2.12. The quantitative estimate of drug-likeness (QED) is 0.675. The molecular formula is C10H16N4O3. The number of nitrogens with zero attached hydrogens (tertiary/aromatic N) is 1. The minimum absolute atomic E-state index is 0.0322. The van der Waals surface area contributed by atoms with E-state index in [9.17, 15) is 14.4 Å². The number of nitrogens with one attached hydrogen (secondary N) is 2. The molecule has 0 saturated carbocycles. The monoisotopic (exact) mass is 240 g/mol. The van der Waals surface area contributed by atoms with Crippen molar-refractivity contribution < 1.29 is 4.79 Å². The van der Waals surface area contributed by atoms with Crippen molar-refractivity contribution in [2.45, 2.75) is 27.3 Å². The fourth-order valence-electron chi connectivity index (χ4n) is 1.29. The molecule has 0 saturated heterocycles. The van der Waals surface area contributed by atoms with Crippen molar-refractivity contribution in [2.75, 3.05) is 11.1 Å². The number of amides is 1. The Bertz CT molecular complexity index is 541. The van der Waals surface area contributed by atoms with Crippen LogP contribution < -0.4 is 22.3 Å². The van der Waals surface area contributed by atoms with Gasteiger partial charge in [-0.3, -0.25) is 19.1 Å². The molecule has 1 heterocycles. The zero-order valence-electron chi connectivity index (χ0n) is 10.0. The Balaban J connectivity index is 3.30. The van der Waals surface area contributed by atoms with Crippen molar-refractivity contribution in [3.8, 4) is 0 Å². The molecule has 0 atom stereocenters. The number of hydrogen-bond donors (Lipinski definition) is 3. The van der Waals surface area contributed by atoms with E-state index in [-0.39, 0.29) is 23.3 Å². The molecule has 1 aromatic heterocycles. The van der Waals surface area contributed by atoms with Crippen LogP contribution in [0.2, 0.25) is 0 Å². The van der Waals surface area contributed by atoms with Crippen LogP contribution in [0.4, 0.5) is 11.5 Å². The summed E-state index contributed by atoms with van der Waals surface area (Å²) in [4.78, 5) is 36.5. The number of carbonyl (C=O) groups excluding carboxylic acids is 1. The maximum atomic E-state index is 11.5. The van der Waals surface area contributed by atoms with Gasteiger partial charge in [-0.2, -0.15) is 0 Å². The predicted octanol–water partition coefficient (Wildman–Crippen LogP) is -0.267. The van der Waals surface area contributed by atoms with Crippen LogP contribution >= 0.6 is 0 Å². The highest BCUT2D eigenvalue weighted by molar-refractivity contribution is 5.94. The summed E-state index contributed by atoms with van der Waals surface area (Å²) >= 11 is 0. The van der Waals surface area contributed by atoms with Crippen LogP contribution in [0.15, 0.2) is 9.59 Å². The molecule has 0 aliphatic heterocycles. The second-order valence-electron chi connectivity index (χ2n) is 3.91. The summed E-state index contributed by atoms with van der Waals surface area (Å²) in [6.45, 7) is 5.40. The van der Waals surface area contributed by atoms with Gasteiger partial charge in [-0.15, -0.1) is 0 Å². The molecule has 1 amide bonds. The van der Waals surface area contributed by atoms with E-state index in [2.05, 4.69) is 10.3 Å². The summed E-state index contributed by atoms with van der Waals surface area (Å²) in [5, 5.41) is 2.41. The molecule has 0 aromatic carbocycles. The van der Waals surface area contributed by atoms with Crippen LogP contribution in [0.1, 0.15) is 20.8 Å². The maximum absolute atomic E-state index is 11.5. The average Bonchev–Trinajstić information content (AvgIpc) is 2.24. The van der Waals surface area contributed by atoms with Gasteiger partial charge in [0.1, 0.15) is 11.5 Å². The van der Waals surface area contributed by atoms with E-state index in [1.165, 1.54) is 4.57 Å². The molecule has 0 aliphatic carbocycles. The molecule has 0 bridgehead atoms. The van der Waals surface area contributed by atoms with Gasteiger partial charge in [0, 0.05) is 12.5 Å². The SMILES string of the molecule is CCn1c(N)c(NC(=O)C(C)C)c(=O)[nH]c1=O. The number of anilines is 2. The van der Waals surface area contributed by atoms with Crippen molar-refractivity contribution in [3.63, 3.8) is 0 Å². The minimum atomic E-state index is -0.689. The lowest BCUT2D eigenvalue weighted by molar-refractivity contribution is -0.118. The van der Waals surface area contributed by atoms with E-state index in [0.717, 1.165) is 0 Å². The van der Waals surface area contributed by atoms with Crippen LogP contribution in [0.5, 0.6) is 0 Å². The summed E-state index contributed by atoms with van der Waals surface area (Å²) in [5.74, 6) is -0.644. The van der Waals surface area contributed by atoms with Gasteiger partial charge in [-0.1, -0.05) is 13.8 Å². The number of nitrogens with two attached hydrogens (primary N) is 1. The maximum Gasteiger partial charge on any atom is 0.330 e. The highest BCUT2D eigenvalue weighted by Gasteiger charge is 2.15. The Morgan fingerprint density at radius 2 is 2.06 bits per heavy atom. The van der Waals surface area contributed by atoms with Crippen LogP contribution in [0.25, 0.3) is 0 Å². The first kappa shape index (κ1) is 13.0. The van der Waals surface area contributed by atoms with Crippen LogP contribution in [-0.2, 0) is 11.3 Å². The Kier molecular flexibility index (Phi) is 3.72. The molecule has 0 spiro atoms. The van der Waals surface area contributed by atoms with E-state index in [1.807, 2.05) is 0 Å². The molecule has 0 fully saturated rings. The Morgan fingerprint density at radius 1 is 1.47 bits per heavy atom. The van der Waals surface area contributed by atoms with Gasteiger partial charge in [0.25, 0.3) is 5.56 Å². The van der Waals surface area contributed by atoms with E-state index in [4.69, 9.17) is 5.73 Å². The van der Waals surface area contributed by atoms with Gasteiger partial charge in [0.2, 0.25) is 5.91 Å². The smallest absolute Gasteiger partial charge is 0.330 e. The van der Waals surface area contributed by atoms with Gasteiger partial charge in [0.05, 0.1) is 0 Å². The van der Waals surface area contributed by atoms with Crippen molar-refractivity contribution >= 4 is 17.4 Å². The molecule has 1 aromatic rings. The molecule has 0 radical (unpaired) electrons. The van der Waals surface area contributed by atoms with Gasteiger partial charge in [0.15, 0.2) is 0 Å². The van der Waals surface area contributed by atoms with Crippen LogP contribution in [0, 0.1) is 5.92 Å². The highest BCUT2D eigenvalue weighted by atomic mass is 16.2. The molecule has 94 valence electrons. The van der Waals surface area contributed by atoms with Gasteiger partial charge < -0.3 is 11.1 Å². The van der Waals surface area contributed by atoms with E-state index in [0.29, 0.717) is 6.54 Å². The van der Waals surface area contributed by atoms with Crippen LogP contribution in [-0.4, -0.2) is 15.5 Å². The Labute approximate surface area is 97.6 Å². The second kappa shape index (κ2) is 4.86. The first-order chi connectivity index (χ1) is 7.88. The number of H-pyrrole nitrogens is 1. The lowest BCUT2D eigenvalue weighted by Crippen LogP contribution is -2.35. The number of rotatable bonds is 3. The average molecular weight is 240 g/mol. The summed E-state index contributed by atoms with van der Waals surface area (Å²) in [7, 11) is 0. The largest absolute Gasteiger partial charge is 0.383 e. The van der Waals surface area contributed by atoms with E-state index < -0.39 is 11.2 Å². The third kappa shape index (κ3) is 2.55. The summed E-state index contributed by atoms with van der Waals surface area (Å²) in [5.41, 5.74) is 4.32. The summed E-state index contributed by atoms with van der Waals surface area (Å²) < 4.78 is 1.18. The molecule has 17 heavy (non-hydrogen) atoms. The topological polar surface area (TPSA) is 110 Å². The number of carbonyl (C=O) groups is 1. The number of aromatic amines is 1.